The van der Waals surface area contributed by atoms with Gasteiger partial charge in [0.1, 0.15) is 0 Å². The van der Waals surface area contributed by atoms with Crippen LogP contribution in [0.25, 0.3) is 5.57 Å². The van der Waals surface area contributed by atoms with Crippen LogP contribution in [0, 0.1) is 0 Å². The summed E-state index contributed by atoms with van der Waals surface area (Å²) in [6.07, 6.45) is 6.07. The lowest BCUT2D eigenvalue weighted by Crippen LogP contribution is -2.15. The van der Waals surface area contributed by atoms with Gasteiger partial charge in [-0.05, 0) is 42.4 Å². The fourth-order valence-electron chi connectivity index (χ4n) is 2.25. The van der Waals surface area contributed by atoms with Crippen LogP contribution in [-0.2, 0) is 16.0 Å². The van der Waals surface area contributed by atoms with E-state index in [2.05, 4.69) is 0 Å². The second-order valence-corrected chi connectivity index (χ2v) is 5.26. The molecule has 0 atom stereocenters. The lowest BCUT2D eigenvalue weighted by Gasteiger charge is -2.18. The molecule has 0 heterocycles. The first-order valence-corrected chi connectivity index (χ1v) is 7.22. The van der Waals surface area contributed by atoms with E-state index >= 15 is 0 Å². The number of fused-ring (bicyclic) bond motifs is 1. The van der Waals surface area contributed by atoms with Gasteiger partial charge in [0.25, 0.3) is 0 Å². The van der Waals surface area contributed by atoms with Gasteiger partial charge in [-0.1, -0.05) is 6.08 Å². The molecule has 3 nitrogen and oxygen atoms in total. The van der Waals surface area contributed by atoms with Crippen LogP contribution in [0.15, 0.2) is 23.1 Å². The van der Waals surface area contributed by atoms with E-state index in [-0.39, 0.29) is 0 Å². The van der Waals surface area contributed by atoms with Crippen LogP contribution in [0.5, 0.6) is 0 Å². The van der Waals surface area contributed by atoms with Crippen molar-refractivity contribution in [2.75, 3.05) is 6.26 Å². The van der Waals surface area contributed by atoms with Gasteiger partial charge in [-0.25, -0.2) is 0 Å². The largest absolute Gasteiger partial charge is 0.298 e. The maximum absolute atomic E-state index is 11.9. The van der Waals surface area contributed by atoms with Crippen LogP contribution in [0.4, 0.5) is 0 Å². The molecule has 0 saturated heterocycles. The SMILES string of the molecule is CSc1cc2c(cc1C=O)C(C(=O)C(C)=O)=CCC2. The third-order valence-electron chi connectivity index (χ3n) is 3.20. The summed E-state index contributed by atoms with van der Waals surface area (Å²) in [5, 5.41) is 0. The van der Waals surface area contributed by atoms with Gasteiger partial charge < -0.3 is 0 Å². The zero-order valence-electron chi connectivity index (χ0n) is 10.9. The van der Waals surface area contributed by atoms with Crippen molar-refractivity contribution in [3.8, 4) is 0 Å². The Morgan fingerprint density at radius 3 is 2.63 bits per heavy atom. The average Bonchev–Trinajstić information content (AvgIpc) is 2.44. The van der Waals surface area contributed by atoms with E-state index in [0.717, 1.165) is 35.2 Å². The number of allylic oxidation sites excluding steroid dienone is 2. The van der Waals surface area contributed by atoms with Crippen molar-refractivity contribution in [1.29, 1.82) is 0 Å². The molecule has 1 aliphatic carbocycles. The number of hydrogen-bond donors (Lipinski definition) is 0. The summed E-state index contributed by atoms with van der Waals surface area (Å²) in [4.78, 5) is 35.2. The predicted octanol–water partition coefficient (Wildman–Crippen LogP) is 2.71. The molecule has 0 radical (unpaired) electrons. The molecule has 0 bridgehead atoms. The second kappa shape index (κ2) is 5.53. The Morgan fingerprint density at radius 1 is 1.32 bits per heavy atom. The highest BCUT2D eigenvalue weighted by molar-refractivity contribution is 7.98. The summed E-state index contributed by atoms with van der Waals surface area (Å²) in [6, 6.07) is 3.67. The summed E-state index contributed by atoms with van der Waals surface area (Å²) in [5.74, 6) is -0.949. The van der Waals surface area contributed by atoms with Crippen LogP contribution in [0.2, 0.25) is 0 Å². The van der Waals surface area contributed by atoms with Crippen LogP contribution in [-0.4, -0.2) is 24.1 Å². The molecule has 1 aromatic carbocycles. The van der Waals surface area contributed by atoms with E-state index < -0.39 is 11.6 Å². The van der Waals surface area contributed by atoms with E-state index in [1.807, 2.05) is 12.3 Å². The minimum atomic E-state index is -0.477. The Balaban J connectivity index is 2.58. The zero-order valence-corrected chi connectivity index (χ0v) is 11.7. The molecule has 98 valence electrons. The van der Waals surface area contributed by atoms with Crippen LogP contribution in [0.3, 0.4) is 0 Å². The van der Waals surface area contributed by atoms with Gasteiger partial charge in [0.05, 0.1) is 0 Å². The lowest BCUT2D eigenvalue weighted by molar-refractivity contribution is -0.131. The van der Waals surface area contributed by atoms with Crippen LogP contribution >= 0.6 is 11.8 Å². The highest BCUT2D eigenvalue weighted by atomic mass is 32.2. The minimum absolute atomic E-state index is 0.435. The van der Waals surface area contributed by atoms with E-state index in [1.54, 1.807) is 12.1 Å². The number of thioether (sulfide) groups is 1. The summed E-state index contributed by atoms with van der Waals surface area (Å²) in [5.41, 5.74) is 2.76. The van der Waals surface area contributed by atoms with Gasteiger partial charge in [-0.15, -0.1) is 11.8 Å². The number of aldehydes is 1. The zero-order chi connectivity index (χ0) is 14.0. The van der Waals surface area contributed by atoms with Crippen molar-refractivity contribution in [3.63, 3.8) is 0 Å². The monoisotopic (exact) mass is 274 g/mol. The first-order valence-electron chi connectivity index (χ1n) is 6.00. The Bertz CT molecular complexity index is 600. The summed E-state index contributed by atoms with van der Waals surface area (Å²) in [6.45, 7) is 1.27. The van der Waals surface area contributed by atoms with Gasteiger partial charge >= 0.3 is 0 Å². The summed E-state index contributed by atoms with van der Waals surface area (Å²) >= 11 is 1.51. The van der Waals surface area contributed by atoms with Crippen molar-refractivity contribution in [1.82, 2.24) is 0 Å². The number of benzene rings is 1. The van der Waals surface area contributed by atoms with Gasteiger partial charge in [0.15, 0.2) is 12.1 Å². The molecule has 0 amide bonds. The molecule has 1 aliphatic rings. The summed E-state index contributed by atoms with van der Waals surface area (Å²) in [7, 11) is 0. The molecule has 1 aromatic rings. The standard InChI is InChI=1S/C15H14O3S/c1-9(17)15(18)12-5-3-4-10-7-14(19-2)11(8-16)6-13(10)12/h5-8H,3-4H2,1-2H3. The topological polar surface area (TPSA) is 51.2 Å². The molecule has 0 saturated carbocycles. The third-order valence-corrected chi connectivity index (χ3v) is 3.99. The van der Waals surface area contributed by atoms with Crippen molar-refractivity contribution >= 4 is 35.2 Å². The minimum Gasteiger partial charge on any atom is -0.298 e. The number of ketones is 2. The van der Waals surface area contributed by atoms with Crippen LogP contribution < -0.4 is 0 Å². The van der Waals surface area contributed by atoms with Gasteiger partial charge in [0, 0.05) is 23.0 Å². The lowest BCUT2D eigenvalue weighted by atomic mass is 9.86. The fraction of sp³-hybridized carbons (Fsp3) is 0.267. The number of Topliss-reactive ketones (excluding diaryl/α,β-unsaturated/α-hetero) is 2. The van der Waals surface area contributed by atoms with Crippen molar-refractivity contribution < 1.29 is 14.4 Å². The van der Waals surface area contributed by atoms with Gasteiger partial charge in [-0.3, -0.25) is 14.4 Å². The maximum atomic E-state index is 11.9. The summed E-state index contributed by atoms with van der Waals surface area (Å²) < 4.78 is 0. The van der Waals surface area contributed by atoms with Gasteiger partial charge in [0.2, 0.25) is 5.78 Å². The maximum Gasteiger partial charge on any atom is 0.228 e. The van der Waals surface area contributed by atoms with Crippen LogP contribution in [0.1, 0.15) is 34.8 Å². The highest BCUT2D eigenvalue weighted by Gasteiger charge is 2.23. The molecule has 0 unspecified atom stereocenters. The van der Waals surface area contributed by atoms with Gasteiger partial charge in [-0.2, -0.15) is 0 Å². The predicted molar refractivity (Wildman–Crippen MR) is 75.6 cm³/mol. The first kappa shape index (κ1) is 13.7. The van der Waals surface area contributed by atoms with E-state index in [1.165, 1.54) is 18.7 Å². The molecule has 0 aliphatic heterocycles. The molecule has 19 heavy (non-hydrogen) atoms. The second-order valence-electron chi connectivity index (χ2n) is 4.41. The third kappa shape index (κ3) is 2.54. The molecular weight excluding hydrogens is 260 g/mol. The normalized spacial score (nSPS) is 13.5. The number of carbonyl (C=O) groups excluding carboxylic acids is 3. The van der Waals surface area contributed by atoms with Crippen molar-refractivity contribution in [2.24, 2.45) is 0 Å². The number of hydrogen-bond acceptors (Lipinski definition) is 4. The number of aryl methyl sites for hydroxylation is 1. The fourth-order valence-corrected chi connectivity index (χ4v) is 2.85. The Morgan fingerprint density at radius 2 is 2.05 bits per heavy atom. The first-order chi connectivity index (χ1) is 9.08. The molecular formula is C15H14O3S. The Kier molecular flexibility index (Phi) is 4.00. The van der Waals surface area contributed by atoms with E-state index in [0.29, 0.717) is 11.1 Å². The molecule has 0 N–H and O–H groups in total. The molecule has 0 fully saturated rings. The molecule has 0 spiro atoms. The Hall–Kier alpha value is -1.68. The van der Waals surface area contributed by atoms with Crippen molar-refractivity contribution in [2.45, 2.75) is 24.7 Å². The molecule has 2 rings (SSSR count). The van der Waals surface area contributed by atoms with E-state index in [4.69, 9.17) is 0 Å². The molecule has 4 heteroatoms. The van der Waals surface area contributed by atoms with E-state index in [9.17, 15) is 14.4 Å². The number of rotatable bonds is 4. The quantitative estimate of drug-likeness (QED) is 0.481. The molecule has 0 aromatic heterocycles. The Labute approximate surface area is 116 Å². The average molecular weight is 274 g/mol. The smallest absolute Gasteiger partial charge is 0.228 e. The van der Waals surface area contributed by atoms with Crippen molar-refractivity contribution in [3.05, 3.63) is 34.9 Å². The number of carbonyl (C=O) groups is 3. The highest BCUT2D eigenvalue weighted by Crippen LogP contribution is 2.32.